The molecule has 0 spiro atoms. The van der Waals surface area contributed by atoms with E-state index < -0.39 is 0 Å². The number of methoxy groups -OCH3 is 1. The van der Waals surface area contributed by atoms with E-state index in [9.17, 15) is 0 Å². The van der Waals surface area contributed by atoms with E-state index in [1.165, 1.54) is 32.1 Å². The molecule has 1 fully saturated rings. The smallest absolute Gasteiger partial charge is 0.166 e. The molecule has 4 nitrogen and oxygen atoms in total. The monoisotopic (exact) mass is 288 g/mol. The van der Waals surface area contributed by atoms with Crippen molar-refractivity contribution in [3.63, 3.8) is 0 Å². The van der Waals surface area contributed by atoms with E-state index in [0.717, 1.165) is 31.1 Å². The summed E-state index contributed by atoms with van der Waals surface area (Å²) >= 11 is 5.30. The molecule has 19 heavy (non-hydrogen) atoms. The summed E-state index contributed by atoms with van der Waals surface area (Å²) < 4.78 is 10.3. The number of thiocarbonyl (C=S) groups is 1. The highest BCUT2D eigenvalue weighted by atomic mass is 32.1. The van der Waals surface area contributed by atoms with Gasteiger partial charge < -0.3 is 20.1 Å². The van der Waals surface area contributed by atoms with Crippen LogP contribution >= 0.6 is 12.2 Å². The van der Waals surface area contributed by atoms with E-state index in [-0.39, 0.29) is 0 Å². The van der Waals surface area contributed by atoms with Gasteiger partial charge in [0.1, 0.15) is 0 Å². The molecular formula is C14H28N2O2S. The van der Waals surface area contributed by atoms with Crippen molar-refractivity contribution < 1.29 is 9.47 Å². The average Bonchev–Trinajstić information content (AvgIpc) is 2.43. The predicted octanol–water partition coefficient (Wildman–Crippen LogP) is 2.23. The van der Waals surface area contributed by atoms with Gasteiger partial charge in [-0.15, -0.1) is 0 Å². The summed E-state index contributed by atoms with van der Waals surface area (Å²) in [7, 11) is 1.69. The Morgan fingerprint density at radius 3 is 2.63 bits per heavy atom. The quantitative estimate of drug-likeness (QED) is 0.503. The lowest BCUT2D eigenvalue weighted by atomic mass is 9.96. The van der Waals surface area contributed by atoms with Gasteiger partial charge in [0, 0.05) is 26.3 Å². The van der Waals surface area contributed by atoms with Crippen LogP contribution < -0.4 is 10.6 Å². The summed E-state index contributed by atoms with van der Waals surface area (Å²) in [5.41, 5.74) is 0. The molecule has 0 aliphatic heterocycles. The zero-order valence-electron chi connectivity index (χ0n) is 12.1. The highest BCUT2D eigenvalue weighted by molar-refractivity contribution is 7.80. The van der Waals surface area contributed by atoms with Crippen LogP contribution in [0.25, 0.3) is 0 Å². The standard InChI is InChI=1S/C14H28N2O2S/c1-17-11-12-18-10-6-5-9-15-14(19)16-13-7-3-2-4-8-13/h13H,2-12H2,1H3,(H2,15,16,19). The van der Waals surface area contributed by atoms with Crippen LogP contribution in [0.4, 0.5) is 0 Å². The molecule has 5 heteroatoms. The van der Waals surface area contributed by atoms with Crippen LogP contribution in [0.2, 0.25) is 0 Å². The van der Waals surface area contributed by atoms with Crippen molar-refractivity contribution in [2.75, 3.05) is 33.5 Å². The summed E-state index contributed by atoms with van der Waals surface area (Å²) in [6, 6.07) is 0.589. The number of ether oxygens (including phenoxy) is 2. The molecule has 112 valence electrons. The lowest BCUT2D eigenvalue weighted by molar-refractivity contribution is 0.0689. The zero-order valence-corrected chi connectivity index (χ0v) is 12.9. The molecule has 1 aliphatic carbocycles. The first-order valence-corrected chi connectivity index (χ1v) is 7.85. The van der Waals surface area contributed by atoms with Crippen molar-refractivity contribution in [3.8, 4) is 0 Å². The predicted molar refractivity (Wildman–Crippen MR) is 82.5 cm³/mol. The fourth-order valence-electron chi connectivity index (χ4n) is 2.26. The van der Waals surface area contributed by atoms with Crippen molar-refractivity contribution in [3.05, 3.63) is 0 Å². The summed E-state index contributed by atoms with van der Waals surface area (Å²) in [5.74, 6) is 0. The van der Waals surface area contributed by atoms with Crippen LogP contribution in [-0.4, -0.2) is 44.6 Å². The Morgan fingerprint density at radius 1 is 1.11 bits per heavy atom. The summed E-state index contributed by atoms with van der Waals surface area (Å²) in [6.07, 6.45) is 8.70. The first-order chi connectivity index (χ1) is 9.33. The van der Waals surface area contributed by atoms with E-state index in [1.54, 1.807) is 7.11 Å². The molecule has 0 unspecified atom stereocenters. The maximum Gasteiger partial charge on any atom is 0.166 e. The van der Waals surface area contributed by atoms with Crippen molar-refractivity contribution >= 4 is 17.3 Å². The molecule has 0 atom stereocenters. The minimum Gasteiger partial charge on any atom is -0.382 e. The highest BCUT2D eigenvalue weighted by Crippen LogP contribution is 2.17. The molecule has 1 rings (SSSR count). The van der Waals surface area contributed by atoms with Gasteiger partial charge in [-0.05, 0) is 37.9 Å². The summed E-state index contributed by atoms with van der Waals surface area (Å²) in [5, 5.41) is 7.49. The molecule has 0 amide bonds. The minimum absolute atomic E-state index is 0.589. The van der Waals surface area contributed by atoms with Crippen LogP contribution in [0, 0.1) is 0 Å². The van der Waals surface area contributed by atoms with Crippen LogP contribution in [-0.2, 0) is 9.47 Å². The number of hydrogen-bond acceptors (Lipinski definition) is 3. The topological polar surface area (TPSA) is 42.5 Å². The van der Waals surface area contributed by atoms with E-state index >= 15 is 0 Å². The molecule has 0 bridgehead atoms. The fourth-order valence-corrected chi connectivity index (χ4v) is 2.53. The number of unbranched alkanes of at least 4 members (excludes halogenated alkanes) is 1. The number of nitrogens with one attached hydrogen (secondary N) is 2. The third-order valence-corrected chi connectivity index (χ3v) is 3.64. The third-order valence-electron chi connectivity index (χ3n) is 3.37. The Labute approximate surface area is 122 Å². The van der Waals surface area contributed by atoms with Gasteiger partial charge in [0.25, 0.3) is 0 Å². The van der Waals surface area contributed by atoms with Crippen molar-refractivity contribution in [1.29, 1.82) is 0 Å². The second-order valence-corrected chi connectivity index (χ2v) is 5.46. The van der Waals surface area contributed by atoms with E-state index in [1.807, 2.05) is 0 Å². The number of hydrogen-bond donors (Lipinski definition) is 2. The Bertz CT molecular complexity index is 233. The van der Waals surface area contributed by atoms with Gasteiger partial charge in [0.2, 0.25) is 0 Å². The molecule has 0 heterocycles. The van der Waals surface area contributed by atoms with Gasteiger partial charge in [0.15, 0.2) is 5.11 Å². The molecule has 0 aromatic heterocycles. The van der Waals surface area contributed by atoms with Crippen molar-refractivity contribution in [2.24, 2.45) is 0 Å². The molecule has 2 N–H and O–H groups in total. The molecule has 1 saturated carbocycles. The lowest BCUT2D eigenvalue weighted by Gasteiger charge is -2.24. The van der Waals surface area contributed by atoms with Crippen LogP contribution in [0.3, 0.4) is 0 Å². The minimum atomic E-state index is 0.589. The fraction of sp³-hybridized carbons (Fsp3) is 0.929. The SMILES string of the molecule is COCCOCCCCNC(=S)NC1CCCCC1. The summed E-state index contributed by atoms with van der Waals surface area (Å²) in [6.45, 7) is 3.08. The largest absolute Gasteiger partial charge is 0.382 e. The van der Waals surface area contributed by atoms with Crippen molar-refractivity contribution in [1.82, 2.24) is 10.6 Å². The molecule has 0 aromatic carbocycles. The van der Waals surface area contributed by atoms with Crippen LogP contribution in [0.1, 0.15) is 44.9 Å². The Kier molecular flexibility index (Phi) is 10.0. The first kappa shape index (κ1) is 16.7. The second kappa shape index (κ2) is 11.4. The van der Waals surface area contributed by atoms with Gasteiger partial charge in [-0.25, -0.2) is 0 Å². The van der Waals surface area contributed by atoms with Gasteiger partial charge in [-0.1, -0.05) is 19.3 Å². The first-order valence-electron chi connectivity index (χ1n) is 7.44. The summed E-state index contributed by atoms with van der Waals surface area (Å²) in [4.78, 5) is 0. The van der Waals surface area contributed by atoms with E-state index in [2.05, 4.69) is 10.6 Å². The number of rotatable bonds is 9. The maximum absolute atomic E-state index is 5.40. The van der Waals surface area contributed by atoms with E-state index in [0.29, 0.717) is 19.3 Å². The van der Waals surface area contributed by atoms with Gasteiger partial charge in [-0.2, -0.15) is 0 Å². The van der Waals surface area contributed by atoms with Gasteiger partial charge in [0.05, 0.1) is 13.2 Å². The molecule has 0 saturated heterocycles. The van der Waals surface area contributed by atoms with Crippen LogP contribution in [0.5, 0.6) is 0 Å². The van der Waals surface area contributed by atoms with Crippen molar-refractivity contribution in [2.45, 2.75) is 51.0 Å². The molecular weight excluding hydrogens is 260 g/mol. The Balaban J connectivity index is 1.87. The normalized spacial score (nSPS) is 16.3. The second-order valence-electron chi connectivity index (χ2n) is 5.05. The molecule has 0 radical (unpaired) electrons. The zero-order chi connectivity index (χ0) is 13.8. The Morgan fingerprint density at radius 2 is 1.89 bits per heavy atom. The lowest BCUT2D eigenvalue weighted by Crippen LogP contribution is -2.43. The van der Waals surface area contributed by atoms with Crippen LogP contribution in [0.15, 0.2) is 0 Å². The molecule has 1 aliphatic rings. The molecule has 0 aromatic rings. The average molecular weight is 288 g/mol. The van der Waals surface area contributed by atoms with Gasteiger partial charge >= 0.3 is 0 Å². The van der Waals surface area contributed by atoms with Gasteiger partial charge in [-0.3, -0.25) is 0 Å². The maximum atomic E-state index is 5.40. The van der Waals surface area contributed by atoms with E-state index in [4.69, 9.17) is 21.7 Å². The third kappa shape index (κ3) is 9.19. The highest BCUT2D eigenvalue weighted by Gasteiger charge is 2.13. The Hall–Kier alpha value is -0.390.